The quantitative estimate of drug-likeness (QED) is 0.668. The van der Waals surface area contributed by atoms with Gasteiger partial charge in [0.25, 0.3) is 0 Å². The van der Waals surface area contributed by atoms with Gasteiger partial charge >= 0.3 is 12.1 Å². The zero-order valence-corrected chi connectivity index (χ0v) is 13.0. The Kier molecular flexibility index (Phi) is 7.60. The molecule has 4 nitrogen and oxygen atoms in total. The number of nitriles is 1. The van der Waals surface area contributed by atoms with Crippen LogP contribution in [-0.2, 0) is 4.79 Å². The number of anilines is 1. The number of alkyl halides is 3. The third kappa shape index (κ3) is 5.87. The fraction of sp³-hybridized carbons (Fsp3) is 0.250. The summed E-state index contributed by atoms with van der Waals surface area (Å²) in [5, 5.41) is 17.8. The lowest BCUT2D eigenvalue weighted by molar-refractivity contribution is -0.132. The van der Waals surface area contributed by atoms with Crippen LogP contribution in [0.1, 0.15) is 19.4 Å². The van der Waals surface area contributed by atoms with E-state index in [1.54, 1.807) is 0 Å². The predicted molar refractivity (Wildman–Crippen MR) is 81.8 cm³/mol. The molecule has 0 radical (unpaired) electrons. The molecule has 0 aliphatic heterocycles. The Morgan fingerprint density at radius 1 is 1.39 bits per heavy atom. The van der Waals surface area contributed by atoms with Crippen LogP contribution in [-0.4, -0.2) is 24.3 Å². The molecule has 23 heavy (non-hydrogen) atoms. The first-order chi connectivity index (χ1) is 10.7. The average Bonchev–Trinajstić information content (AvgIpc) is 2.52. The van der Waals surface area contributed by atoms with Gasteiger partial charge in [0.05, 0.1) is 17.2 Å². The highest BCUT2D eigenvalue weighted by Gasteiger charge is 2.32. The van der Waals surface area contributed by atoms with Crippen LogP contribution in [0.2, 0.25) is 0 Å². The molecule has 0 unspecified atom stereocenters. The van der Waals surface area contributed by atoms with Gasteiger partial charge in [-0.15, -0.1) is 0 Å². The molecule has 0 spiro atoms. The van der Waals surface area contributed by atoms with E-state index in [0.29, 0.717) is 6.08 Å². The summed E-state index contributed by atoms with van der Waals surface area (Å²) >= 11 is 0. The van der Waals surface area contributed by atoms with E-state index in [1.807, 2.05) is 19.9 Å². The number of halogens is 3. The lowest BCUT2D eigenvalue weighted by atomic mass is 10.1. The van der Waals surface area contributed by atoms with E-state index in [2.05, 4.69) is 6.58 Å². The largest absolute Gasteiger partial charge is 0.477 e. The average molecular weight is 326 g/mol. The van der Waals surface area contributed by atoms with Gasteiger partial charge in [-0.05, 0) is 24.3 Å². The van der Waals surface area contributed by atoms with Crippen LogP contribution >= 0.6 is 0 Å². The molecule has 0 saturated carbocycles. The van der Waals surface area contributed by atoms with Crippen molar-refractivity contribution in [2.75, 3.05) is 11.9 Å². The Morgan fingerprint density at radius 3 is 2.39 bits per heavy atom. The highest BCUT2D eigenvalue weighted by molar-refractivity contribution is 5.91. The van der Waals surface area contributed by atoms with Crippen molar-refractivity contribution in [3.8, 4) is 6.07 Å². The monoisotopic (exact) mass is 326 g/mol. The summed E-state index contributed by atoms with van der Waals surface area (Å²) in [6.45, 7) is 6.81. The lowest BCUT2D eigenvalue weighted by Gasteiger charge is -2.20. The second kappa shape index (κ2) is 8.63. The third-order valence-corrected chi connectivity index (χ3v) is 2.62. The summed E-state index contributed by atoms with van der Waals surface area (Å²) in [5.41, 5.74) is -1.34. The van der Waals surface area contributed by atoms with E-state index < -0.39 is 23.4 Å². The molecule has 7 heteroatoms. The van der Waals surface area contributed by atoms with Crippen LogP contribution in [0.15, 0.2) is 48.2 Å². The Bertz CT molecular complexity index is 643. The van der Waals surface area contributed by atoms with Crippen molar-refractivity contribution >= 4 is 11.7 Å². The van der Waals surface area contributed by atoms with Crippen LogP contribution in [0.5, 0.6) is 0 Å². The number of nitrogens with zero attached hydrogens (tertiary/aromatic N) is 2. The predicted octanol–water partition coefficient (Wildman–Crippen LogP) is 4.11. The number of carbonyl (C=O) groups is 1. The van der Waals surface area contributed by atoms with Gasteiger partial charge in [-0.25, -0.2) is 4.79 Å². The van der Waals surface area contributed by atoms with Crippen LogP contribution < -0.4 is 4.90 Å². The molecule has 1 aromatic rings. The Morgan fingerprint density at radius 2 is 1.96 bits per heavy atom. The van der Waals surface area contributed by atoms with E-state index in [0.717, 1.165) is 4.90 Å². The number of likely N-dealkylation sites (N-methyl/N-ethyl adjacent to an activating group) is 1. The van der Waals surface area contributed by atoms with Gasteiger partial charge in [-0.2, -0.15) is 18.4 Å². The zero-order chi connectivity index (χ0) is 18.2. The van der Waals surface area contributed by atoms with Crippen molar-refractivity contribution in [1.82, 2.24) is 0 Å². The first-order valence-corrected chi connectivity index (χ1v) is 6.61. The van der Waals surface area contributed by atoms with E-state index in [-0.39, 0.29) is 11.3 Å². The van der Waals surface area contributed by atoms with Crippen molar-refractivity contribution in [3.05, 3.63) is 53.8 Å². The number of carboxylic acid groups (broad SMARTS) is 1. The maximum atomic E-state index is 12.5. The van der Waals surface area contributed by atoms with Crippen LogP contribution in [0.3, 0.4) is 0 Å². The zero-order valence-electron chi connectivity index (χ0n) is 13.0. The van der Waals surface area contributed by atoms with Crippen LogP contribution in [0.25, 0.3) is 0 Å². The SMILES string of the molecule is C=C(/C=C(/C(=O)O)N(C)c1cccc(C#N)c1)C(F)(F)F.CC. The second-order valence-corrected chi connectivity index (χ2v) is 4.08. The maximum Gasteiger partial charge on any atom is 0.415 e. The number of hydrogen-bond acceptors (Lipinski definition) is 3. The number of hydrogen-bond donors (Lipinski definition) is 1. The molecule has 0 aromatic heterocycles. The number of benzene rings is 1. The molecule has 0 saturated heterocycles. The van der Waals surface area contributed by atoms with E-state index in [4.69, 9.17) is 10.4 Å². The molecule has 0 aliphatic carbocycles. The molecule has 0 amide bonds. The normalized spacial score (nSPS) is 10.9. The van der Waals surface area contributed by atoms with Gasteiger partial charge < -0.3 is 10.0 Å². The smallest absolute Gasteiger partial charge is 0.415 e. The first-order valence-electron chi connectivity index (χ1n) is 6.61. The van der Waals surface area contributed by atoms with Gasteiger partial charge in [0.1, 0.15) is 5.70 Å². The molecule has 0 fully saturated rings. The van der Waals surface area contributed by atoms with Crippen molar-refractivity contribution in [2.45, 2.75) is 20.0 Å². The van der Waals surface area contributed by atoms with Crippen molar-refractivity contribution < 1.29 is 23.1 Å². The summed E-state index contributed by atoms with van der Waals surface area (Å²) in [6.07, 6.45) is -4.27. The summed E-state index contributed by atoms with van der Waals surface area (Å²) in [6, 6.07) is 7.71. The summed E-state index contributed by atoms with van der Waals surface area (Å²) in [7, 11) is 1.29. The fourth-order valence-electron chi connectivity index (χ4n) is 1.47. The summed E-state index contributed by atoms with van der Waals surface area (Å²) in [5.74, 6) is -1.54. The highest BCUT2D eigenvalue weighted by Crippen LogP contribution is 2.27. The summed E-state index contributed by atoms with van der Waals surface area (Å²) < 4.78 is 37.4. The van der Waals surface area contributed by atoms with Crippen molar-refractivity contribution in [3.63, 3.8) is 0 Å². The standard InChI is InChI=1S/C14H11F3N2O2.C2H6/c1-9(14(15,16)17)6-12(13(20)21)19(2)11-5-3-4-10(7-11)8-18;1-2/h3-7H,1H2,2H3,(H,20,21);1-2H3/b12-6-;. The lowest BCUT2D eigenvalue weighted by Crippen LogP contribution is -2.24. The van der Waals surface area contributed by atoms with Gasteiger partial charge in [-0.1, -0.05) is 26.5 Å². The second-order valence-electron chi connectivity index (χ2n) is 4.08. The van der Waals surface area contributed by atoms with E-state index >= 15 is 0 Å². The van der Waals surface area contributed by atoms with Gasteiger partial charge in [0, 0.05) is 12.7 Å². The number of rotatable bonds is 4. The fourth-order valence-corrected chi connectivity index (χ4v) is 1.47. The first kappa shape index (κ1) is 20.2. The molecule has 0 heterocycles. The van der Waals surface area contributed by atoms with Crippen molar-refractivity contribution in [1.29, 1.82) is 5.26 Å². The minimum Gasteiger partial charge on any atom is -0.477 e. The molecule has 1 N–H and O–H groups in total. The molecular weight excluding hydrogens is 309 g/mol. The number of allylic oxidation sites excluding steroid dienone is 2. The number of carboxylic acids is 1. The van der Waals surface area contributed by atoms with E-state index in [9.17, 15) is 18.0 Å². The molecule has 124 valence electrons. The van der Waals surface area contributed by atoms with Gasteiger partial charge in [-0.3, -0.25) is 0 Å². The number of aliphatic carboxylic acids is 1. The topological polar surface area (TPSA) is 64.3 Å². The Labute approximate surface area is 132 Å². The van der Waals surface area contributed by atoms with Crippen LogP contribution in [0, 0.1) is 11.3 Å². The summed E-state index contributed by atoms with van der Waals surface area (Å²) in [4.78, 5) is 12.2. The molecule has 0 bridgehead atoms. The Balaban J connectivity index is 0.00000232. The van der Waals surface area contributed by atoms with E-state index in [1.165, 1.54) is 31.3 Å². The van der Waals surface area contributed by atoms with Gasteiger partial charge in [0.2, 0.25) is 0 Å². The molecule has 1 aromatic carbocycles. The maximum absolute atomic E-state index is 12.5. The van der Waals surface area contributed by atoms with Crippen LogP contribution in [0.4, 0.5) is 18.9 Å². The Hall–Kier alpha value is -2.75. The highest BCUT2D eigenvalue weighted by atomic mass is 19.4. The molecule has 0 aliphatic rings. The minimum absolute atomic E-state index is 0.263. The van der Waals surface area contributed by atoms with Crippen molar-refractivity contribution in [2.24, 2.45) is 0 Å². The third-order valence-electron chi connectivity index (χ3n) is 2.62. The molecular formula is C16H17F3N2O2. The molecule has 1 rings (SSSR count). The minimum atomic E-state index is -4.71. The molecule has 0 atom stereocenters. The van der Waals surface area contributed by atoms with Gasteiger partial charge in [0.15, 0.2) is 0 Å².